The summed E-state index contributed by atoms with van der Waals surface area (Å²) in [5.74, 6) is -0.0478. The quantitative estimate of drug-likeness (QED) is 0.884. The third kappa shape index (κ3) is 3.33. The average molecular weight is 282 g/mol. The SMILES string of the molecule is CN1C(=O)c2ccccc2CCC1CNS(C)(=O)=O. The lowest BCUT2D eigenvalue weighted by atomic mass is 10.0. The number of carbonyl (C=O) groups is 1. The van der Waals surface area contributed by atoms with Gasteiger partial charge in [-0.15, -0.1) is 0 Å². The van der Waals surface area contributed by atoms with Gasteiger partial charge in [-0.05, 0) is 24.5 Å². The topological polar surface area (TPSA) is 66.5 Å². The van der Waals surface area contributed by atoms with Crippen molar-refractivity contribution in [1.82, 2.24) is 9.62 Å². The fraction of sp³-hybridized carbons (Fsp3) is 0.462. The lowest BCUT2D eigenvalue weighted by Gasteiger charge is -2.26. The normalized spacial score (nSPS) is 20.0. The van der Waals surface area contributed by atoms with Crippen molar-refractivity contribution >= 4 is 15.9 Å². The van der Waals surface area contributed by atoms with E-state index in [2.05, 4.69) is 4.72 Å². The largest absolute Gasteiger partial charge is 0.337 e. The molecule has 2 rings (SSSR count). The molecule has 0 radical (unpaired) electrons. The van der Waals surface area contributed by atoms with E-state index in [1.807, 2.05) is 24.3 Å². The Bertz CT molecular complexity index is 583. The van der Waals surface area contributed by atoms with Crippen LogP contribution in [0.4, 0.5) is 0 Å². The van der Waals surface area contributed by atoms with E-state index >= 15 is 0 Å². The van der Waals surface area contributed by atoms with Gasteiger partial charge in [-0.1, -0.05) is 18.2 Å². The number of hydrogen-bond acceptors (Lipinski definition) is 3. The molecule has 1 unspecified atom stereocenters. The highest BCUT2D eigenvalue weighted by Crippen LogP contribution is 2.21. The zero-order chi connectivity index (χ0) is 14.0. The summed E-state index contributed by atoms with van der Waals surface area (Å²) in [6.45, 7) is 0.259. The summed E-state index contributed by atoms with van der Waals surface area (Å²) in [5, 5.41) is 0. The number of sulfonamides is 1. The van der Waals surface area contributed by atoms with Crippen molar-refractivity contribution in [2.75, 3.05) is 19.8 Å². The monoisotopic (exact) mass is 282 g/mol. The van der Waals surface area contributed by atoms with Crippen molar-refractivity contribution < 1.29 is 13.2 Å². The van der Waals surface area contributed by atoms with E-state index < -0.39 is 10.0 Å². The highest BCUT2D eigenvalue weighted by Gasteiger charge is 2.27. The predicted molar refractivity (Wildman–Crippen MR) is 73.5 cm³/mol. The minimum Gasteiger partial charge on any atom is -0.337 e. The second kappa shape index (κ2) is 5.30. The highest BCUT2D eigenvalue weighted by molar-refractivity contribution is 7.88. The van der Waals surface area contributed by atoms with Crippen molar-refractivity contribution in [1.29, 1.82) is 0 Å². The van der Waals surface area contributed by atoms with Gasteiger partial charge in [0, 0.05) is 25.2 Å². The number of nitrogens with zero attached hydrogens (tertiary/aromatic N) is 1. The zero-order valence-corrected chi connectivity index (χ0v) is 11.9. The minimum absolute atomic E-state index is 0.0478. The Kier molecular flexibility index (Phi) is 3.91. The van der Waals surface area contributed by atoms with E-state index in [1.165, 1.54) is 0 Å². The number of nitrogens with one attached hydrogen (secondary N) is 1. The Hall–Kier alpha value is -1.40. The van der Waals surface area contributed by atoms with Gasteiger partial charge in [0.05, 0.1) is 6.26 Å². The van der Waals surface area contributed by atoms with E-state index in [-0.39, 0.29) is 18.5 Å². The molecule has 0 bridgehead atoms. The van der Waals surface area contributed by atoms with Crippen LogP contribution in [0.3, 0.4) is 0 Å². The summed E-state index contributed by atoms with van der Waals surface area (Å²) in [5.41, 5.74) is 1.74. The van der Waals surface area contributed by atoms with Crippen LogP contribution in [0.25, 0.3) is 0 Å². The standard InChI is InChI=1S/C13H18N2O3S/c1-15-11(9-14-19(2,17)18)8-7-10-5-3-4-6-12(10)13(15)16/h3-6,11,14H,7-9H2,1-2H3. The third-order valence-electron chi connectivity index (χ3n) is 3.44. The lowest BCUT2D eigenvalue weighted by Crippen LogP contribution is -2.43. The van der Waals surface area contributed by atoms with Crippen molar-refractivity contribution in [3.63, 3.8) is 0 Å². The molecule has 1 aliphatic rings. The number of fused-ring (bicyclic) bond motifs is 1. The van der Waals surface area contributed by atoms with E-state index in [4.69, 9.17) is 0 Å². The Morgan fingerprint density at radius 3 is 2.74 bits per heavy atom. The van der Waals surface area contributed by atoms with Gasteiger partial charge >= 0.3 is 0 Å². The van der Waals surface area contributed by atoms with Gasteiger partial charge in [0.25, 0.3) is 5.91 Å². The lowest BCUT2D eigenvalue weighted by molar-refractivity contribution is 0.0737. The molecule has 1 heterocycles. The molecule has 1 aliphatic heterocycles. The Balaban J connectivity index is 2.18. The van der Waals surface area contributed by atoms with Crippen molar-refractivity contribution in [3.05, 3.63) is 35.4 Å². The molecular weight excluding hydrogens is 264 g/mol. The number of rotatable bonds is 3. The molecule has 1 aromatic carbocycles. The predicted octanol–water partition coefficient (Wildman–Crippen LogP) is 0.623. The summed E-state index contributed by atoms with van der Waals surface area (Å²) in [4.78, 5) is 13.9. The zero-order valence-electron chi connectivity index (χ0n) is 11.1. The smallest absolute Gasteiger partial charge is 0.254 e. The Morgan fingerprint density at radius 2 is 2.05 bits per heavy atom. The van der Waals surface area contributed by atoms with Crippen LogP contribution in [0.1, 0.15) is 22.3 Å². The molecule has 0 saturated carbocycles. The molecule has 0 fully saturated rings. The number of aryl methyl sites for hydroxylation is 1. The summed E-state index contributed by atoms with van der Waals surface area (Å²) in [6, 6.07) is 7.42. The fourth-order valence-corrected chi connectivity index (χ4v) is 2.80. The molecule has 6 heteroatoms. The van der Waals surface area contributed by atoms with Gasteiger partial charge in [0.2, 0.25) is 10.0 Å². The maximum Gasteiger partial charge on any atom is 0.254 e. The third-order valence-corrected chi connectivity index (χ3v) is 4.13. The minimum atomic E-state index is -3.23. The van der Waals surface area contributed by atoms with Crippen LogP contribution in [0.2, 0.25) is 0 Å². The summed E-state index contributed by atoms with van der Waals surface area (Å²) >= 11 is 0. The first-order chi connectivity index (χ1) is 8.88. The van der Waals surface area contributed by atoms with Crippen LogP contribution in [0.5, 0.6) is 0 Å². The first kappa shape index (κ1) is 14.0. The van der Waals surface area contributed by atoms with Gasteiger partial charge in [-0.3, -0.25) is 4.79 Å². The summed E-state index contributed by atoms with van der Waals surface area (Å²) in [7, 11) is -1.51. The highest BCUT2D eigenvalue weighted by atomic mass is 32.2. The molecule has 104 valence electrons. The second-order valence-electron chi connectivity index (χ2n) is 4.89. The molecule has 0 saturated heterocycles. The number of hydrogen-bond donors (Lipinski definition) is 1. The van der Waals surface area contributed by atoms with Crippen molar-refractivity contribution in [3.8, 4) is 0 Å². The number of likely N-dealkylation sites (N-methyl/N-ethyl adjacent to an activating group) is 1. The van der Waals surface area contributed by atoms with E-state index in [0.29, 0.717) is 5.56 Å². The van der Waals surface area contributed by atoms with Crippen LogP contribution >= 0.6 is 0 Å². The molecular formula is C13H18N2O3S. The fourth-order valence-electron chi connectivity index (χ4n) is 2.31. The van der Waals surface area contributed by atoms with Gasteiger partial charge < -0.3 is 4.90 Å². The van der Waals surface area contributed by atoms with Crippen LogP contribution in [-0.4, -0.2) is 45.1 Å². The summed E-state index contributed by atoms with van der Waals surface area (Å²) < 4.78 is 24.8. The Morgan fingerprint density at radius 1 is 1.37 bits per heavy atom. The second-order valence-corrected chi connectivity index (χ2v) is 6.72. The molecule has 0 aliphatic carbocycles. The van der Waals surface area contributed by atoms with Gasteiger partial charge in [0.1, 0.15) is 0 Å². The molecule has 1 atom stereocenters. The van der Waals surface area contributed by atoms with E-state index in [0.717, 1.165) is 24.7 Å². The molecule has 19 heavy (non-hydrogen) atoms. The van der Waals surface area contributed by atoms with Crippen LogP contribution in [0, 0.1) is 0 Å². The molecule has 1 N–H and O–H groups in total. The average Bonchev–Trinajstić information content (AvgIpc) is 2.47. The van der Waals surface area contributed by atoms with Gasteiger partial charge in [-0.2, -0.15) is 0 Å². The van der Waals surface area contributed by atoms with Crippen LogP contribution in [0.15, 0.2) is 24.3 Å². The van der Waals surface area contributed by atoms with Gasteiger partial charge in [0.15, 0.2) is 0 Å². The van der Waals surface area contributed by atoms with Crippen LogP contribution < -0.4 is 4.72 Å². The first-order valence-corrected chi connectivity index (χ1v) is 8.07. The first-order valence-electron chi connectivity index (χ1n) is 6.18. The van der Waals surface area contributed by atoms with Gasteiger partial charge in [-0.25, -0.2) is 13.1 Å². The number of carbonyl (C=O) groups excluding carboxylic acids is 1. The van der Waals surface area contributed by atoms with Crippen molar-refractivity contribution in [2.24, 2.45) is 0 Å². The molecule has 1 aromatic rings. The van der Waals surface area contributed by atoms with E-state index in [1.54, 1.807) is 11.9 Å². The summed E-state index contributed by atoms with van der Waals surface area (Å²) in [6.07, 6.45) is 2.66. The Labute approximate surface area is 113 Å². The molecule has 0 spiro atoms. The maximum atomic E-state index is 12.3. The molecule has 1 amide bonds. The molecule has 5 nitrogen and oxygen atoms in total. The van der Waals surface area contributed by atoms with E-state index in [9.17, 15) is 13.2 Å². The molecule has 0 aromatic heterocycles. The number of amides is 1. The maximum absolute atomic E-state index is 12.3. The van der Waals surface area contributed by atoms with Crippen LogP contribution in [-0.2, 0) is 16.4 Å². The number of benzene rings is 1. The van der Waals surface area contributed by atoms with Crippen molar-refractivity contribution in [2.45, 2.75) is 18.9 Å².